The second-order valence-electron chi connectivity index (χ2n) is 7.81. The number of hydrogen-bond acceptors (Lipinski definition) is 6. The topological polar surface area (TPSA) is 89.9 Å². The molecular formula is C22H30O6. The number of Topliss-reactive ketones (excluding diaryl/α,β-unsaturated/α-hetero) is 1. The van der Waals surface area contributed by atoms with Gasteiger partial charge >= 0.3 is 11.9 Å². The van der Waals surface area contributed by atoms with Crippen LogP contribution in [-0.4, -0.2) is 41.6 Å². The van der Waals surface area contributed by atoms with Crippen molar-refractivity contribution in [3.05, 3.63) is 35.4 Å². The van der Waals surface area contributed by atoms with Gasteiger partial charge in [0.05, 0.1) is 24.7 Å². The van der Waals surface area contributed by atoms with Crippen molar-refractivity contribution >= 4 is 17.7 Å². The SMILES string of the molecule is CCOC(=O)[C@H]1C(=O)C[C@](C)(O)[C@@H](C(=O)OCC)[C@@H]1c1ccc(C(C)C)cc1. The lowest BCUT2D eigenvalue weighted by molar-refractivity contribution is -0.172. The zero-order chi connectivity index (χ0) is 21.1. The first-order chi connectivity index (χ1) is 13.1. The number of esters is 2. The van der Waals surface area contributed by atoms with Gasteiger partial charge in [-0.3, -0.25) is 14.4 Å². The maximum Gasteiger partial charge on any atom is 0.317 e. The molecule has 1 aliphatic carbocycles. The lowest BCUT2D eigenvalue weighted by atomic mass is 9.61. The third-order valence-corrected chi connectivity index (χ3v) is 5.34. The van der Waals surface area contributed by atoms with Gasteiger partial charge in [-0.15, -0.1) is 0 Å². The van der Waals surface area contributed by atoms with Crippen molar-refractivity contribution in [2.45, 2.75) is 58.5 Å². The Kier molecular flexibility index (Phi) is 6.99. The Morgan fingerprint density at radius 3 is 2.14 bits per heavy atom. The number of aliphatic hydroxyl groups is 1. The molecule has 0 radical (unpaired) electrons. The number of ketones is 1. The summed E-state index contributed by atoms with van der Waals surface area (Å²) in [6, 6.07) is 7.46. The molecule has 0 spiro atoms. The van der Waals surface area contributed by atoms with Crippen LogP contribution in [0.3, 0.4) is 0 Å². The first kappa shape index (κ1) is 22.1. The lowest BCUT2D eigenvalue weighted by Crippen LogP contribution is -2.55. The molecule has 1 aromatic rings. The van der Waals surface area contributed by atoms with Gasteiger partial charge in [0.25, 0.3) is 0 Å². The van der Waals surface area contributed by atoms with Crippen molar-refractivity contribution in [3.8, 4) is 0 Å². The highest BCUT2D eigenvalue weighted by Crippen LogP contribution is 2.46. The maximum absolute atomic E-state index is 12.8. The molecule has 0 unspecified atom stereocenters. The van der Waals surface area contributed by atoms with E-state index >= 15 is 0 Å². The molecule has 0 amide bonds. The Balaban J connectivity index is 2.59. The molecule has 0 heterocycles. The molecule has 1 saturated carbocycles. The van der Waals surface area contributed by atoms with Gasteiger partial charge in [-0.2, -0.15) is 0 Å². The van der Waals surface area contributed by atoms with Crippen LogP contribution in [0.15, 0.2) is 24.3 Å². The summed E-state index contributed by atoms with van der Waals surface area (Å²) in [7, 11) is 0. The third kappa shape index (κ3) is 4.43. The van der Waals surface area contributed by atoms with Crippen LogP contribution in [-0.2, 0) is 23.9 Å². The molecule has 0 saturated heterocycles. The van der Waals surface area contributed by atoms with Crippen LogP contribution in [0.4, 0.5) is 0 Å². The monoisotopic (exact) mass is 390 g/mol. The smallest absolute Gasteiger partial charge is 0.317 e. The number of ether oxygens (including phenoxy) is 2. The van der Waals surface area contributed by atoms with Crippen LogP contribution in [0.2, 0.25) is 0 Å². The van der Waals surface area contributed by atoms with Gasteiger partial charge in [0.1, 0.15) is 5.92 Å². The summed E-state index contributed by atoms with van der Waals surface area (Å²) in [6.07, 6.45) is -0.305. The fourth-order valence-corrected chi connectivity index (χ4v) is 3.98. The van der Waals surface area contributed by atoms with Crippen LogP contribution < -0.4 is 0 Å². The molecule has 0 aromatic heterocycles. The molecule has 1 fully saturated rings. The summed E-state index contributed by atoms with van der Waals surface area (Å²) in [5, 5.41) is 10.9. The summed E-state index contributed by atoms with van der Waals surface area (Å²) in [5.74, 6) is -4.46. The van der Waals surface area contributed by atoms with E-state index in [4.69, 9.17) is 9.47 Å². The summed E-state index contributed by atoms with van der Waals surface area (Å²) < 4.78 is 10.3. The van der Waals surface area contributed by atoms with Crippen molar-refractivity contribution in [2.75, 3.05) is 13.2 Å². The van der Waals surface area contributed by atoms with Gasteiger partial charge in [0.2, 0.25) is 0 Å². The van der Waals surface area contributed by atoms with Crippen molar-refractivity contribution in [2.24, 2.45) is 11.8 Å². The Morgan fingerprint density at radius 1 is 1.11 bits per heavy atom. The van der Waals surface area contributed by atoms with Crippen molar-refractivity contribution in [3.63, 3.8) is 0 Å². The first-order valence-corrected chi connectivity index (χ1v) is 9.82. The van der Waals surface area contributed by atoms with Gasteiger partial charge in [-0.25, -0.2) is 0 Å². The predicted molar refractivity (Wildman–Crippen MR) is 104 cm³/mol. The van der Waals surface area contributed by atoms with Crippen LogP contribution in [0.1, 0.15) is 64.0 Å². The van der Waals surface area contributed by atoms with Crippen LogP contribution in [0.25, 0.3) is 0 Å². The molecule has 154 valence electrons. The van der Waals surface area contributed by atoms with E-state index in [1.807, 2.05) is 24.3 Å². The number of hydrogen-bond donors (Lipinski definition) is 1. The molecule has 0 aliphatic heterocycles. The minimum Gasteiger partial charge on any atom is -0.466 e. The predicted octanol–water partition coefficient (Wildman–Crippen LogP) is 2.98. The van der Waals surface area contributed by atoms with Crippen LogP contribution in [0.5, 0.6) is 0 Å². The van der Waals surface area contributed by atoms with Crippen LogP contribution in [0, 0.1) is 11.8 Å². The average Bonchev–Trinajstić information content (AvgIpc) is 2.60. The highest BCUT2D eigenvalue weighted by molar-refractivity contribution is 6.02. The second-order valence-corrected chi connectivity index (χ2v) is 7.81. The highest BCUT2D eigenvalue weighted by atomic mass is 16.5. The molecule has 2 rings (SSSR count). The Hall–Kier alpha value is -2.21. The summed E-state index contributed by atoms with van der Waals surface area (Å²) in [5.41, 5.74) is 0.111. The van der Waals surface area contributed by atoms with Crippen molar-refractivity contribution < 1.29 is 29.0 Å². The van der Waals surface area contributed by atoms with E-state index in [1.165, 1.54) is 6.92 Å². The average molecular weight is 390 g/mol. The van der Waals surface area contributed by atoms with E-state index in [0.717, 1.165) is 5.56 Å². The summed E-state index contributed by atoms with van der Waals surface area (Å²) in [4.78, 5) is 38.2. The fraction of sp³-hybridized carbons (Fsp3) is 0.591. The Morgan fingerprint density at radius 2 is 1.64 bits per heavy atom. The molecule has 4 atom stereocenters. The molecule has 6 nitrogen and oxygen atoms in total. The standard InChI is InChI=1S/C22H30O6/c1-6-27-20(24)18-16(23)12-22(5,26)19(21(25)28-7-2)17(18)15-10-8-14(9-11-15)13(3)4/h8-11,13,17-19,26H,6-7,12H2,1-5H3/t17-,18+,19-,22+/m1/s1. The molecule has 6 heteroatoms. The van der Waals surface area contributed by atoms with Gasteiger partial charge in [0.15, 0.2) is 5.78 Å². The second kappa shape index (κ2) is 8.86. The molecule has 1 aliphatic rings. The zero-order valence-corrected chi connectivity index (χ0v) is 17.2. The molecular weight excluding hydrogens is 360 g/mol. The van der Waals surface area contributed by atoms with E-state index in [2.05, 4.69) is 13.8 Å². The number of rotatable bonds is 6. The molecule has 0 bridgehead atoms. The largest absolute Gasteiger partial charge is 0.466 e. The fourth-order valence-electron chi connectivity index (χ4n) is 3.98. The summed E-state index contributed by atoms with van der Waals surface area (Å²) in [6.45, 7) is 9.18. The zero-order valence-electron chi connectivity index (χ0n) is 17.2. The quantitative estimate of drug-likeness (QED) is 0.593. The molecule has 28 heavy (non-hydrogen) atoms. The van der Waals surface area contributed by atoms with Crippen molar-refractivity contribution in [1.82, 2.24) is 0 Å². The highest BCUT2D eigenvalue weighted by Gasteiger charge is 2.57. The van der Waals surface area contributed by atoms with Gasteiger partial charge < -0.3 is 14.6 Å². The van der Waals surface area contributed by atoms with Crippen LogP contribution >= 0.6 is 0 Å². The normalized spacial score (nSPS) is 27.5. The van der Waals surface area contributed by atoms with Crippen molar-refractivity contribution in [1.29, 1.82) is 0 Å². The van der Waals surface area contributed by atoms with Gasteiger partial charge in [0, 0.05) is 12.3 Å². The molecule has 1 N–H and O–H groups in total. The van der Waals surface area contributed by atoms with Gasteiger partial charge in [-0.1, -0.05) is 38.1 Å². The van der Waals surface area contributed by atoms with E-state index in [-0.39, 0.29) is 19.6 Å². The van der Waals surface area contributed by atoms with E-state index in [1.54, 1.807) is 13.8 Å². The summed E-state index contributed by atoms with van der Waals surface area (Å²) >= 11 is 0. The number of carbonyl (C=O) groups excluding carboxylic acids is 3. The first-order valence-electron chi connectivity index (χ1n) is 9.82. The number of benzene rings is 1. The van der Waals surface area contributed by atoms with E-state index in [0.29, 0.717) is 11.5 Å². The minimum atomic E-state index is -1.62. The molecule has 1 aromatic carbocycles. The number of carbonyl (C=O) groups is 3. The lowest BCUT2D eigenvalue weighted by Gasteiger charge is -2.43. The van der Waals surface area contributed by atoms with Gasteiger partial charge in [-0.05, 0) is 37.8 Å². The third-order valence-electron chi connectivity index (χ3n) is 5.34. The maximum atomic E-state index is 12.8. The minimum absolute atomic E-state index is 0.127. The van der Waals surface area contributed by atoms with E-state index in [9.17, 15) is 19.5 Å². The van der Waals surface area contributed by atoms with E-state index < -0.39 is 41.1 Å². The Labute approximate surface area is 166 Å². The Bertz CT molecular complexity index is 719.